The van der Waals surface area contributed by atoms with Crippen LogP contribution in [0.5, 0.6) is 0 Å². The van der Waals surface area contributed by atoms with E-state index >= 15 is 0 Å². The zero-order valence-corrected chi connectivity index (χ0v) is 14.6. The normalized spacial score (nSPS) is 14.6. The number of hydrogen-bond donors (Lipinski definition) is 0. The van der Waals surface area contributed by atoms with Gasteiger partial charge in [0.2, 0.25) is 0 Å². The Hall–Kier alpha value is -1.20. The zero-order valence-electron chi connectivity index (χ0n) is 13.0. The molecule has 0 N–H and O–H groups in total. The lowest BCUT2D eigenvalue weighted by atomic mass is 9.89. The Bertz CT molecular complexity index is 854. The van der Waals surface area contributed by atoms with Gasteiger partial charge < -0.3 is 0 Å². The summed E-state index contributed by atoms with van der Waals surface area (Å²) in [5.74, 6) is 1.10. The Balaban J connectivity index is 2.02. The summed E-state index contributed by atoms with van der Waals surface area (Å²) >= 11 is 3.61. The second kappa shape index (κ2) is 5.78. The zero-order chi connectivity index (χ0) is 15.1. The van der Waals surface area contributed by atoms with E-state index in [1.165, 1.54) is 52.6 Å². The van der Waals surface area contributed by atoms with E-state index in [2.05, 4.69) is 23.8 Å². The fourth-order valence-corrected chi connectivity index (χ4v) is 5.47. The van der Waals surface area contributed by atoms with Crippen molar-refractivity contribution in [2.24, 2.45) is 0 Å². The fraction of sp³-hybridized carbons (Fsp3) is 0.471. The molecule has 114 valence electrons. The van der Waals surface area contributed by atoms with E-state index in [4.69, 9.17) is 4.98 Å². The third-order valence-electron chi connectivity index (χ3n) is 4.34. The van der Waals surface area contributed by atoms with Gasteiger partial charge in [-0.1, -0.05) is 6.92 Å². The van der Waals surface area contributed by atoms with E-state index in [1.54, 1.807) is 17.7 Å². The van der Waals surface area contributed by atoms with Gasteiger partial charge in [0.25, 0.3) is 0 Å². The van der Waals surface area contributed by atoms with Crippen molar-refractivity contribution in [1.82, 2.24) is 15.0 Å². The monoisotopic (exact) mass is 329 g/mol. The van der Waals surface area contributed by atoms with Crippen LogP contribution in [0, 0.1) is 6.92 Å². The van der Waals surface area contributed by atoms with Crippen LogP contribution in [0.3, 0.4) is 0 Å². The standard InChI is InChI=1S/C17H19N3S2/c1-3-8-21-17-15-14(18-9-19-17)13-12-7-5-4-6-11(12)10(2)20-16(13)22-15/h9H,3-8H2,1-2H3. The Morgan fingerprint density at radius 2 is 2.00 bits per heavy atom. The number of aryl methyl sites for hydroxylation is 2. The molecule has 0 spiro atoms. The highest BCUT2D eigenvalue weighted by molar-refractivity contribution is 7.99. The van der Waals surface area contributed by atoms with E-state index in [9.17, 15) is 0 Å². The minimum absolute atomic E-state index is 1.10. The summed E-state index contributed by atoms with van der Waals surface area (Å²) in [6.07, 6.45) is 7.79. The molecule has 0 saturated heterocycles. The van der Waals surface area contributed by atoms with Crippen LogP contribution in [0.4, 0.5) is 0 Å². The molecule has 0 amide bonds. The van der Waals surface area contributed by atoms with Gasteiger partial charge in [0.15, 0.2) is 0 Å². The third-order valence-corrected chi connectivity index (χ3v) is 6.74. The van der Waals surface area contributed by atoms with Crippen molar-refractivity contribution in [1.29, 1.82) is 0 Å². The lowest BCUT2D eigenvalue weighted by Crippen LogP contribution is -2.06. The molecule has 0 radical (unpaired) electrons. The highest BCUT2D eigenvalue weighted by Gasteiger charge is 2.21. The van der Waals surface area contributed by atoms with Crippen LogP contribution in [0.25, 0.3) is 20.4 Å². The first kappa shape index (κ1) is 14.4. The van der Waals surface area contributed by atoms with E-state index in [-0.39, 0.29) is 0 Å². The molecule has 0 atom stereocenters. The second-order valence-corrected chi connectivity index (χ2v) is 7.93. The summed E-state index contributed by atoms with van der Waals surface area (Å²) in [4.78, 5) is 15.2. The predicted octanol–water partition coefficient (Wildman–Crippen LogP) is 4.93. The summed E-state index contributed by atoms with van der Waals surface area (Å²) in [6, 6.07) is 0. The number of nitrogens with zero attached hydrogens (tertiary/aromatic N) is 3. The molecule has 3 nitrogen and oxygen atoms in total. The van der Waals surface area contributed by atoms with Gasteiger partial charge in [0, 0.05) is 11.1 Å². The smallest absolute Gasteiger partial charge is 0.126 e. The van der Waals surface area contributed by atoms with Crippen molar-refractivity contribution in [3.05, 3.63) is 23.1 Å². The quantitative estimate of drug-likeness (QED) is 0.504. The molecular formula is C17H19N3S2. The van der Waals surface area contributed by atoms with Crippen LogP contribution in [0.1, 0.15) is 43.0 Å². The average Bonchev–Trinajstić information content (AvgIpc) is 2.92. The van der Waals surface area contributed by atoms with Crippen molar-refractivity contribution >= 4 is 43.5 Å². The molecule has 0 saturated carbocycles. The summed E-state index contributed by atoms with van der Waals surface area (Å²) < 4.78 is 1.22. The van der Waals surface area contributed by atoms with Crippen LogP contribution < -0.4 is 0 Å². The summed E-state index contributed by atoms with van der Waals surface area (Å²) in [7, 11) is 0. The highest BCUT2D eigenvalue weighted by Crippen LogP contribution is 2.41. The molecule has 0 unspecified atom stereocenters. The number of thiophene rings is 1. The maximum Gasteiger partial charge on any atom is 0.126 e. The minimum Gasteiger partial charge on any atom is -0.242 e. The molecule has 0 aromatic carbocycles. The summed E-state index contributed by atoms with van der Waals surface area (Å²) in [5.41, 5.74) is 5.31. The molecule has 1 aliphatic rings. The van der Waals surface area contributed by atoms with Crippen molar-refractivity contribution in [2.45, 2.75) is 51.0 Å². The Labute approximate surface area is 138 Å². The van der Waals surface area contributed by atoms with Crippen molar-refractivity contribution < 1.29 is 0 Å². The number of thioether (sulfide) groups is 1. The molecular weight excluding hydrogens is 310 g/mol. The van der Waals surface area contributed by atoms with Gasteiger partial charge in [-0.2, -0.15) is 0 Å². The molecule has 1 aliphatic carbocycles. The SMILES string of the molecule is CCCSc1ncnc2c1sc1nc(C)c3c(c12)CCCC3. The van der Waals surface area contributed by atoms with Gasteiger partial charge in [-0.25, -0.2) is 15.0 Å². The van der Waals surface area contributed by atoms with E-state index < -0.39 is 0 Å². The first-order valence-corrected chi connectivity index (χ1v) is 9.78. The lowest BCUT2D eigenvalue weighted by Gasteiger charge is -2.18. The highest BCUT2D eigenvalue weighted by atomic mass is 32.2. The molecule has 22 heavy (non-hydrogen) atoms. The summed E-state index contributed by atoms with van der Waals surface area (Å²) in [5, 5.41) is 2.43. The topological polar surface area (TPSA) is 38.7 Å². The molecule has 3 aromatic rings. The Morgan fingerprint density at radius 1 is 1.18 bits per heavy atom. The maximum atomic E-state index is 4.89. The van der Waals surface area contributed by atoms with Crippen LogP contribution in [0.2, 0.25) is 0 Å². The molecule has 5 heteroatoms. The van der Waals surface area contributed by atoms with Crippen LogP contribution in [-0.4, -0.2) is 20.7 Å². The molecule has 0 bridgehead atoms. The van der Waals surface area contributed by atoms with Crippen LogP contribution in [0.15, 0.2) is 11.4 Å². The van der Waals surface area contributed by atoms with E-state index in [0.717, 1.165) is 27.5 Å². The number of rotatable bonds is 3. The van der Waals surface area contributed by atoms with Crippen molar-refractivity contribution in [3.63, 3.8) is 0 Å². The first-order valence-electron chi connectivity index (χ1n) is 7.98. The van der Waals surface area contributed by atoms with Gasteiger partial charge in [0.05, 0.1) is 10.2 Å². The maximum absolute atomic E-state index is 4.89. The van der Waals surface area contributed by atoms with Gasteiger partial charge in [0.1, 0.15) is 16.2 Å². The Kier molecular flexibility index (Phi) is 3.78. The number of hydrogen-bond acceptors (Lipinski definition) is 5. The van der Waals surface area contributed by atoms with E-state index in [0.29, 0.717) is 0 Å². The van der Waals surface area contributed by atoms with Crippen molar-refractivity contribution in [3.8, 4) is 0 Å². The second-order valence-electron chi connectivity index (χ2n) is 5.85. The third kappa shape index (κ3) is 2.22. The van der Waals surface area contributed by atoms with Gasteiger partial charge >= 0.3 is 0 Å². The number of fused-ring (bicyclic) bond motifs is 5. The number of pyridine rings is 1. The van der Waals surface area contributed by atoms with Crippen LogP contribution in [-0.2, 0) is 12.8 Å². The number of aromatic nitrogens is 3. The van der Waals surface area contributed by atoms with E-state index in [1.807, 2.05) is 11.8 Å². The fourth-order valence-electron chi connectivity index (χ4n) is 3.33. The molecule has 4 rings (SSSR count). The lowest BCUT2D eigenvalue weighted by molar-refractivity contribution is 0.683. The average molecular weight is 329 g/mol. The largest absolute Gasteiger partial charge is 0.242 e. The Morgan fingerprint density at radius 3 is 2.82 bits per heavy atom. The van der Waals surface area contributed by atoms with Crippen LogP contribution >= 0.6 is 23.1 Å². The first-order chi connectivity index (χ1) is 10.8. The molecule has 3 heterocycles. The minimum atomic E-state index is 1.10. The molecule has 0 aliphatic heterocycles. The van der Waals surface area contributed by atoms with Gasteiger partial charge in [-0.05, 0) is 55.9 Å². The molecule has 3 aromatic heterocycles. The van der Waals surface area contributed by atoms with Gasteiger partial charge in [-0.3, -0.25) is 0 Å². The molecule has 0 fully saturated rings. The van der Waals surface area contributed by atoms with Crippen molar-refractivity contribution in [2.75, 3.05) is 5.75 Å². The van der Waals surface area contributed by atoms with Gasteiger partial charge in [-0.15, -0.1) is 23.1 Å². The predicted molar refractivity (Wildman–Crippen MR) is 95.1 cm³/mol. The summed E-state index contributed by atoms with van der Waals surface area (Å²) in [6.45, 7) is 4.37.